The molecule has 5 heteroatoms. The Morgan fingerprint density at radius 3 is 2.04 bits per heavy atom. The van der Waals surface area contributed by atoms with Crippen LogP contribution in [0.4, 0.5) is 0 Å². The van der Waals surface area contributed by atoms with Gasteiger partial charge in [-0.2, -0.15) is 0 Å². The van der Waals surface area contributed by atoms with Crippen molar-refractivity contribution in [3.63, 3.8) is 0 Å². The molecule has 1 atom stereocenters. The lowest BCUT2D eigenvalue weighted by Crippen LogP contribution is -2.14. The fourth-order valence-electron chi connectivity index (χ4n) is 3.76. The van der Waals surface area contributed by atoms with Crippen LogP contribution in [0.3, 0.4) is 0 Å². The number of nitrogens with zero attached hydrogens (tertiary/aromatic N) is 4. The summed E-state index contributed by atoms with van der Waals surface area (Å²) in [6, 6.07) is 26.1. The quantitative estimate of drug-likeness (QED) is 0.521. The molecule has 5 aromatic rings. The molecular formula is C23H20N4O. The van der Waals surface area contributed by atoms with Crippen LogP contribution in [0.25, 0.3) is 22.1 Å². The maximum Gasteiger partial charge on any atom is 0.169 e. The zero-order valence-electron chi connectivity index (χ0n) is 15.5. The van der Waals surface area contributed by atoms with Gasteiger partial charge in [-0.05, 0) is 29.8 Å². The predicted molar refractivity (Wildman–Crippen MR) is 110 cm³/mol. The predicted octanol–water partition coefficient (Wildman–Crippen LogP) is 4.05. The molecule has 0 aliphatic rings. The zero-order chi connectivity index (χ0) is 19.1. The normalized spacial score (nSPS) is 12.6. The maximum atomic E-state index is 11.3. The second kappa shape index (κ2) is 6.62. The lowest BCUT2D eigenvalue weighted by atomic mass is 10.2. The Balaban J connectivity index is 1.67. The molecule has 0 fully saturated rings. The van der Waals surface area contributed by atoms with E-state index < -0.39 is 6.10 Å². The van der Waals surface area contributed by atoms with Crippen molar-refractivity contribution in [2.45, 2.75) is 12.6 Å². The van der Waals surface area contributed by atoms with Crippen molar-refractivity contribution in [1.29, 1.82) is 0 Å². The first-order chi connectivity index (χ1) is 13.7. The average molecular weight is 368 g/mol. The number of aryl methyl sites for hydroxylation is 1. The molecule has 138 valence electrons. The van der Waals surface area contributed by atoms with E-state index in [1.165, 1.54) is 0 Å². The molecule has 0 bridgehead atoms. The lowest BCUT2D eigenvalue weighted by molar-refractivity contribution is 0.193. The van der Waals surface area contributed by atoms with Crippen LogP contribution in [0.1, 0.15) is 23.3 Å². The molecule has 28 heavy (non-hydrogen) atoms. The molecule has 0 saturated carbocycles. The summed E-state index contributed by atoms with van der Waals surface area (Å²) in [5, 5.41) is 11.3. The van der Waals surface area contributed by atoms with E-state index in [-0.39, 0.29) is 0 Å². The van der Waals surface area contributed by atoms with Crippen molar-refractivity contribution in [3.8, 4) is 0 Å². The van der Waals surface area contributed by atoms with Gasteiger partial charge in [-0.3, -0.25) is 0 Å². The van der Waals surface area contributed by atoms with Crippen LogP contribution in [0.5, 0.6) is 0 Å². The van der Waals surface area contributed by atoms with Gasteiger partial charge in [0.25, 0.3) is 0 Å². The van der Waals surface area contributed by atoms with Crippen LogP contribution < -0.4 is 0 Å². The van der Waals surface area contributed by atoms with Crippen LogP contribution >= 0.6 is 0 Å². The zero-order valence-corrected chi connectivity index (χ0v) is 15.5. The summed E-state index contributed by atoms with van der Waals surface area (Å²) in [6.45, 7) is 0.637. The topological polar surface area (TPSA) is 55.9 Å². The van der Waals surface area contributed by atoms with Gasteiger partial charge in [0.2, 0.25) is 0 Å². The molecule has 0 saturated heterocycles. The highest BCUT2D eigenvalue weighted by Crippen LogP contribution is 2.28. The van der Waals surface area contributed by atoms with Crippen LogP contribution in [-0.2, 0) is 13.6 Å². The molecule has 0 amide bonds. The van der Waals surface area contributed by atoms with Crippen LogP contribution in [-0.4, -0.2) is 24.2 Å². The summed E-state index contributed by atoms with van der Waals surface area (Å²) in [5.41, 5.74) is 4.88. The third kappa shape index (κ3) is 2.68. The summed E-state index contributed by atoms with van der Waals surface area (Å²) in [4.78, 5) is 9.42. The number of hydrogen-bond donors (Lipinski definition) is 1. The standard InChI is InChI=1S/C23H20N4O/c1-26-19-13-7-5-11-17(19)24-22(26)21(28)23-25-18-12-6-8-14-20(18)27(23)15-16-9-3-2-4-10-16/h2-14,21,28H,15H2,1H3/t21-/m1/s1. The van der Waals surface area contributed by atoms with Gasteiger partial charge in [-0.15, -0.1) is 0 Å². The third-order valence-electron chi connectivity index (χ3n) is 5.18. The third-order valence-corrected chi connectivity index (χ3v) is 5.18. The number of benzene rings is 3. The number of aliphatic hydroxyl groups is 1. The fourth-order valence-corrected chi connectivity index (χ4v) is 3.76. The lowest BCUT2D eigenvalue weighted by Gasteiger charge is -2.14. The molecule has 0 spiro atoms. The van der Waals surface area contributed by atoms with Crippen LogP contribution in [0, 0.1) is 0 Å². The number of hydrogen-bond acceptors (Lipinski definition) is 3. The van der Waals surface area contributed by atoms with Gasteiger partial charge in [-0.25, -0.2) is 9.97 Å². The smallest absolute Gasteiger partial charge is 0.169 e. The first-order valence-electron chi connectivity index (χ1n) is 9.31. The second-order valence-electron chi connectivity index (χ2n) is 6.95. The van der Waals surface area contributed by atoms with E-state index in [1.54, 1.807) is 0 Å². The Morgan fingerprint density at radius 2 is 1.32 bits per heavy atom. The minimum atomic E-state index is -0.923. The number of para-hydroxylation sites is 4. The van der Waals surface area contributed by atoms with E-state index in [4.69, 9.17) is 4.98 Å². The number of aliphatic hydroxyl groups excluding tert-OH is 1. The number of fused-ring (bicyclic) bond motifs is 2. The van der Waals surface area contributed by atoms with E-state index in [2.05, 4.69) is 21.7 Å². The Labute approximate surface area is 162 Å². The number of aromatic nitrogens is 4. The summed E-state index contributed by atoms with van der Waals surface area (Å²) >= 11 is 0. The Kier molecular flexibility index (Phi) is 3.95. The van der Waals surface area contributed by atoms with E-state index in [9.17, 15) is 5.11 Å². The molecular weight excluding hydrogens is 348 g/mol. The molecule has 0 unspecified atom stereocenters. The van der Waals surface area contributed by atoms with E-state index >= 15 is 0 Å². The molecule has 2 heterocycles. The van der Waals surface area contributed by atoms with E-state index in [0.717, 1.165) is 27.6 Å². The summed E-state index contributed by atoms with van der Waals surface area (Å²) in [5.74, 6) is 1.19. The van der Waals surface area contributed by atoms with Crippen molar-refractivity contribution in [2.75, 3.05) is 0 Å². The number of rotatable bonds is 4. The highest BCUT2D eigenvalue weighted by Gasteiger charge is 2.24. The minimum absolute atomic E-state index is 0.589. The SMILES string of the molecule is Cn1c([C@@H](O)c2nc3ccccc3n2Cc2ccccc2)nc2ccccc21. The molecule has 0 radical (unpaired) electrons. The van der Waals surface area contributed by atoms with Crippen molar-refractivity contribution >= 4 is 22.1 Å². The van der Waals surface area contributed by atoms with E-state index in [0.29, 0.717) is 18.2 Å². The Hall–Kier alpha value is -3.44. The largest absolute Gasteiger partial charge is 0.377 e. The van der Waals surface area contributed by atoms with Gasteiger partial charge in [0, 0.05) is 13.6 Å². The molecule has 3 aromatic carbocycles. The van der Waals surface area contributed by atoms with Gasteiger partial charge < -0.3 is 14.2 Å². The van der Waals surface area contributed by atoms with Crippen molar-refractivity contribution in [1.82, 2.24) is 19.1 Å². The van der Waals surface area contributed by atoms with Crippen molar-refractivity contribution in [2.24, 2.45) is 7.05 Å². The maximum absolute atomic E-state index is 11.3. The molecule has 0 aliphatic carbocycles. The second-order valence-corrected chi connectivity index (χ2v) is 6.95. The van der Waals surface area contributed by atoms with Crippen LogP contribution in [0.2, 0.25) is 0 Å². The highest BCUT2D eigenvalue weighted by molar-refractivity contribution is 5.77. The first kappa shape index (κ1) is 16.7. The van der Waals surface area contributed by atoms with Gasteiger partial charge >= 0.3 is 0 Å². The minimum Gasteiger partial charge on any atom is -0.377 e. The molecule has 0 aliphatic heterocycles. The molecule has 5 rings (SSSR count). The van der Waals surface area contributed by atoms with Gasteiger partial charge in [-0.1, -0.05) is 54.6 Å². The Bertz CT molecular complexity index is 1270. The molecule has 1 N–H and O–H groups in total. The van der Waals surface area contributed by atoms with E-state index in [1.807, 2.05) is 78.3 Å². The number of imidazole rings is 2. The van der Waals surface area contributed by atoms with Gasteiger partial charge in [0.15, 0.2) is 6.10 Å². The molecule has 2 aromatic heterocycles. The highest BCUT2D eigenvalue weighted by atomic mass is 16.3. The molecule has 5 nitrogen and oxygen atoms in total. The average Bonchev–Trinajstić information content (AvgIpc) is 3.27. The van der Waals surface area contributed by atoms with Crippen molar-refractivity contribution in [3.05, 3.63) is 96.1 Å². The van der Waals surface area contributed by atoms with Crippen LogP contribution in [0.15, 0.2) is 78.9 Å². The first-order valence-corrected chi connectivity index (χ1v) is 9.31. The van der Waals surface area contributed by atoms with Gasteiger partial charge in [0.05, 0.1) is 22.1 Å². The van der Waals surface area contributed by atoms with Crippen molar-refractivity contribution < 1.29 is 5.11 Å². The monoisotopic (exact) mass is 368 g/mol. The Morgan fingerprint density at radius 1 is 0.750 bits per heavy atom. The summed E-state index contributed by atoms with van der Waals surface area (Å²) in [6.07, 6.45) is -0.923. The summed E-state index contributed by atoms with van der Waals surface area (Å²) < 4.78 is 4.01. The van der Waals surface area contributed by atoms with Gasteiger partial charge in [0.1, 0.15) is 11.6 Å². The summed E-state index contributed by atoms with van der Waals surface area (Å²) in [7, 11) is 1.93. The fraction of sp³-hybridized carbons (Fsp3) is 0.130.